The zero-order valence-corrected chi connectivity index (χ0v) is 18.2. The minimum absolute atomic E-state index is 0.230. The van der Waals surface area contributed by atoms with Crippen LogP contribution >= 0.6 is 0 Å². The van der Waals surface area contributed by atoms with Crippen LogP contribution in [0.3, 0.4) is 0 Å². The van der Waals surface area contributed by atoms with E-state index in [1.54, 1.807) is 23.1 Å². The number of aryl methyl sites for hydroxylation is 1. The van der Waals surface area contributed by atoms with Gasteiger partial charge in [0.25, 0.3) is 5.91 Å². The molecule has 9 heteroatoms. The summed E-state index contributed by atoms with van der Waals surface area (Å²) in [5, 5.41) is 7.34. The fourth-order valence-corrected chi connectivity index (χ4v) is 3.84. The van der Waals surface area contributed by atoms with Crippen LogP contribution in [0.25, 0.3) is 5.69 Å². The monoisotopic (exact) mass is 434 g/mol. The number of ether oxygens (including phenoxy) is 1. The lowest BCUT2D eigenvalue weighted by Crippen LogP contribution is -2.38. The van der Waals surface area contributed by atoms with Gasteiger partial charge in [-0.05, 0) is 44.9 Å². The van der Waals surface area contributed by atoms with Gasteiger partial charge in [0.1, 0.15) is 0 Å². The second kappa shape index (κ2) is 9.59. The fraction of sp³-hybridized carbons (Fsp3) is 0.348. The van der Waals surface area contributed by atoms with E-state index in [1.807, 2.05) is 49.1 Å². The summed E-state index contributed by atoms with van der Waals surface area (Å²) in [5.41, 5.74) is 3.05. The molecule has 0 saturated carbocycles. The fourth-order valence-electron chi connectivity index (χ4n) is 3.84. The number of para-hydroxylation sites is 1. The molecule has 0 bridgehead atoms. The van der Waals surface area contributed by atoms with Crippen LogP contribution in [0.4, 0.5) is 11.6 Å². The van der Waals surface area contributed by atoms with Gasteiger partial charge in [0.05, 0.1) is 28.7 Å². The lowest BCUT2D eigenvalue weighted by atomic mass is 9.97. The van der Waals surface area contributed by atoms with Crippen molar-refractivity contribution in [2.75, 3.05) is 29.9 Å². The van der Waals surface area contributed by atoms with Crippen LogP contribution < -0.4 is 10.2 Å². The molecule has 1 amide bonds. The Morgan fingerprint density at radius 3 is 2.44 bits per heavy atom. The highest BCUT2D eigenvalue weighted by molar-refractivity contribution is 5.94. The van der Waals surface area contributed by atoms with Crippen LogP contribution in [0.15, 0.2) is 48.8 Å². The van der Waals surface area contributed by atoms with Crippen molar-refractivity contribution in [3.05, 3.63) is 60.2 Å². The number of hydrogen-bond acceptors (Lipinski definition) is 7. The number of amides is 1. The first-order chi connectivity index (χ1) is 15.5. The van der Waals surface area contributed by atoms with Crippen LogP contribution in [-0.4, -0.2) is 51.3 Å². The minimum atomic E-state index is -0.382. The van der Waals surface area contributed by atoms with Gasteiger partial charge in [-0.15, -0.1) is 0 Å². The molecule has 1 aliphatic rings. The topological polar surface area (TPSA) is 102 Å². The maximum Gasteiger partial charge on any atom is 0.309 e. The van der Waals surface area contributed by atoms with Crippen LogP contribution in [-0.2, 0) is 14.3 Å². The Balaban J connectivity index is 1.28. The van der Waals surface area contributed by atoms with Crippen molar-refractivity contribution >= 4 is 23.5 Å². The number of hydrogen-bond donors (Lipinski definition) is 1. The zero-order valence-electron chi connectivity index (χ0n) is 18.2. The van der Waals surface area contributed by atoms with Gasteiger partial charge in [-0.2, -0.15) is 5.10 Å². The van der Waals surface area contributed by atoms with Gasteiger partial charge in [-0.1, -0.05) is 18.2 Å². The summed E-state index contributed by atoms with van der Waals surface area (Å²) >= 11 is 0. The van der Waals surface area contributed by atoms with E-state index in [9.17, 15) is 9.59 Å². The highest BCUT2D eigenvalue weighted by atomic mass is 16.5. The molecule has 0 aliphatic carbocycles. The lowest BCUT2D eigenvalue weighted by Gasteiger charge is -2.30. The van der Waals surface area contributed by atoms with Gasteiger partial charge in [0.2, 0.25) is 5.95 Å². The first kappa shape index (κ1) is 21.5. The second-order valence-electron chi connectivity index (χ2n) is 7.76. The largest absolute Gasteiger partial charge is 0.455 e. The van der Waals surface area contributed by atoms with Gasteiger partial charge in [-0.3, -0.25) is 9.59 Å². The zero-order chi connectivity index (χ0) is 22.5. The average molecular weight is 435 g/mol. The van der Waals surface area contributed by atoms with Crippen LogP contribution in [0, 0.1) is 19.8 Å². The predicted octanol–water partition coefficient (Wildman–Crippen LogP) is 2.68. The maximum absolute atomic E-state index is 12.5. The number of aromatic nitrogens is 4. The van der Waals surface area contributed by atoms with Crippen molar-refractivity contribution < 1.29 is 14.3 Å². The molecule has 1 aromatic carbocycles. The summed E-state index contributed by atoms with van der Waals surface area (Å²) in [6, 6.07) is 11.5. The summed E-state index contributed by atoms with van der Waals surface area (Å²) in [6.07, 6.45) is 4.68. The molecule has 1 aliphatic heterocycles. The molecule has 3 heterocycles. The molecule has 166 valence electrons. The van der Waals surface area contributed by atoms with E-state index in [0.29, 0.717) is 43.3 Å². The number of carbonyl (C=O) groups excluding carboxylic acids is 2. The number of rotatable bonds is 6. The number of nitrogens with zero attached hydrogens (tertiary/aromatic N) is 5. The third kappa shape index (κ3) is 4.77. The number of piperidine rings is 1. The molecular weight excluding hydrogens is 408 g/mol. The second-order valence-corrected chi connectivity index (χ2v) is 7.76. The highest BCUT2D eigenvalue weighted by Crippen LogP contribution is 2.23. The lowest BCUT2D eigenvalue weighted by molar-refractivity contribution is -0.152. The molecule has 4 rings (SSSR count). The van der Waals surface area contributed by atoms with E-state index < -0.39 is 0 Å². The highest BCUT2D eigenvalue weighted by Gasteiger charge is 2.27. The third-order valence-electron chi connectivity index (χ3n) is 5.57. The maximum atomic E-state index is 12.5. The molecular formula is C23H26N6O3. The number of esters is 1. The molecule has 0 unspecified atom stereocenters. The third-order valence-corrected chi connectivity index (χ3v) is 5.57. The van der Waals surface area contributed by atoms with Crippen LogP contribution in [0.2, 0.25) is 0 Å². The normalized spacial score (nSPS) is 14.2. The van der Waals surface area contributed by atoms with Crippen LogP contribution in [0.5, 0.6) is 0 Å². The molecule has 0 spiro atoms. The first-order valence-electron chi connectivity index (χ1n) is 10.6. The SMILES string of the molecule is Cc1nn(-c2ccccc2)c(C)c1NC(=O)COC(=O)C1CCN(c2ncccn2)CC1. The van der Waals surface area contributed by atoms with Gasteiger partial charge >= 0.3 is 5.97 Å². The standard InChI is InChI=1S/C23H26N6O3/c1-16-21(17(2)29(27-16)19-7-4-3-5-8-19)26-20(30)15-32-22(31)18-9-13-28(14-10-18)23-24-11-6-12-25-23/h3-8,11-12,18H,9-10,13-15H2,1-2H3,(H,26,30). The van der Waals surface area contributed by atoms with E-state index >= 15 is 0 Å². The van der Waals surface area contributed by atoms with E-state index in [0.717, 1.165) is 11.4 Å². The van der Waals surface area contributed by atoms with E-state index in [1.165, 1.54) is 0 Å². The van der Waals surface area contributed by atoms with Gasteiger partial charge in [0.15, 0.2) is 6.61 Å². The molecule has 0 radical (unpaired) electrons. The summed E-state index contributed by atoms with van der Waals surface area (Å²) in [7, 11) is 0. The van der Waals surface area contributed by atoms with Gasteiger partial charge in [0, 0.05) is 25.5 Å². The van der Waals surface area contributed by atoms with Crippen molar-refractivity contribution in [3.8, 4) is 5.69 Å². The first-order valence-corrected chi connectivity index (χ1v) is 10.6. The summed E-state index contributed by atoms with van der Waals surface area (Å²) in [4.78, 5) is 35.4. The molecule has 9 nitrogen and oxygen atoms in total. The van der Waals surface area contributed by atoms with Gasteiger partial charge < -0.3 is 15.0 Å². The van der Waals surface area contributed by atoms with E-state index in [2.05, 4.69) is 20.4 Å². The Labute approximate surface area is 186 Å². The summed E-state index contributed by atoms with van der Waals surface area (Å²) in [6.45, 7) is 4.74. The van der Waals surface area contributed by atoms with Gasteiger partial charge in [-0.25, -0.2) is 14.6 Å². The predicted molar refractivity (Wildman–Crippen MR) is 120 cm³/mol. The Bertz CT molecular complexity index is 1080. The van der Waals surface area contributed by atoms with E-state index in [-0.39, 0.29) is 24.4 Å². The Kier molecular flexibility index (Phi) is 6.44. The van der Waals surface area contributed by atoms with Crippen molar-refractivity contribution in [3.63, 3.8) is 0 Å². The quantitative estimate of drug-likeness (QED) is 0.595. The van der Waals surface area contributed by atoms with E-state index in [4.69, 9.17) is 4.74 Å². The Hall–Kier alpha value is -3.75. The van der Waals surface area contributed by atoms with Crippen molar-refractivity contribution in [2.24, 2.45) is 5.92 Å². The number of carbonyl (C=O) groups is 2. The smallest absolute Gasteiger partial charge is 0.309 e. The Morgan fingerprint density at radius 2 is 1.75 bits per heavy atom. The number of anilines is 2. The number of benzene rings is 1. The summed E-state index contributed by atoms with van der Waals surface area (Å²) in [5.74, 6) is -0.290. The minimum Gasteiger partial charge on any atom is -0.455 e. The van der Waals surface area contributed by atoms with Crippen molar-refractivity contribution in [1.82, 2.24) is 19.7 Å². The Morgan fingerprint density at radius 1 is 1.06 bits per heavy atom. The number of nitrogens with one attached hydrogen (secondary N) is 1. The average Bonchev–Trinajstić information content (AvgIpc) is 3.12. The molecule has 1 N–H and O–H groups in total. The molecule has 1 fully saturated rings. The summed E-state index contributed by atoms with van der Waals surface area (Å²) < 4.78 is 7.08. The van der Waals surface area contributed by atoms with Crippen molar-refractivity contribution in [1.29, 1.82) is 0 Å². The molecule has 3 aromatic rings. The molecule has 2 aromatic heterocycles. The molecule has 32 heavy (non-hydrogen) atoms. The molecule has 0 atom stereocenters. The van der Waals surface area contributed by atoms with Crippen LogP contribution in [0.1, 0.15) is 24.2 Å². The van der Waals surface area contributed by atoms with Crippen molar-refractivity contribution in [2.45, 2.75) is 26.7 Å². The molecule has 1 saturated heterocycles.